The number of aromatic nitrogens is 2. The smallest absolute Gasteiger partial charge is 0.258 e. The molecule has 1 amide bonds. The van der Waals surface area contributed by atoms with Gasteiger partial charge in [-0.1, -0.05) is 11.6 Å². The van der Waals surface area contributed by atoms with Crippen LogP contribution in [0.3, 0.4) is 0 Å². The van der Waals surface area contributed by atoms with Crippen molar-refractivity contribution in [1.82, 2.24) is 9.97 Å². The summed E-state index contributed by atoms with van der Waals surface area (Å²) in [4.78, 5) is 31.5. The first-order valence-corrected chi connectivity index (χ1v) is 8.63. The van der Waals surface area contributed by atoms with Gasteiger partial charge in [0.25, 0.3) is 5.91 Å². The molecule has 3 aromatic rings. The van der Waals surface area contributed by atoms with Crippen LogP contribution in [0.15, 0.2) is 29.1 Å². The quantitative estimate of drug-likeness (QED) is 0.675. The zero-order valence-electron chi connectivity index (χ0n) is 14.7. The second-order valence-electron chi connectivity index (χ2n) is 6.30. The second-order valence-corrected chi connectivity index (χ2v) is 6.66. The maximum absolute atomic E-state index is 12.7. The summed E-state index contributed by atoms with van der Waals surface area (Å²) in [7, 11) is 1.50. The number of hydrogen-bond donors (Lipinski definition) is 2. The Morgan fingerprint density at radius 1 is 1.30 bits per heavy atom. The molecule has 0 saturated heterocycles. The van der Waals surface area contributed by atoms with Crippen LogP contribution >= 0.6 is 11.6 Å². The van der Waals surface area contributed by atoms with Crippen molar-refractivity contribution in [2.75, 3.05) is 12.4 Å². The Labute approximate surface area is 159 Å². The van der Waals surface area contributed by atoms with Gasteiger partial charge in [-0.2, -0.15) is 0 Å². The number of pyridine rings is 2. The maximum Gasteiger partial charge on any atom is 0.258 e. The highest BCUT2D eigenvalue weighted by Gasteiger charge is 2.20. The zero-order valence-corrected chi connectivity index (χ0v) is 15.4. The Morgan fingerprint density at radius 2 is 2.11 bits per heavy atom. The van der Waals surface area contributed by atoms with Crippen LogP contribution in [-0.2, 0) is 18.0 Å². The number of carbonyl (C=O) groups is 1. The van der Waals surface area contributed by atoms with Crippen LogP contribution in [0, 0.1) is 6.92 Å². The minimum atomic E-state index is -0.384. The number of H-pyrrole nitrogens is 1. The minimum absolute atomic E-state index is 0.130. The maximum atomic E-state index is 12.7. The summed E-state index contributed by atoms with van der Waals surface area (Å²) >= 11 is 6.17. The molecular formula is C19H16ClN3O4. The van der Waals surface area contributed by atoms with E-state index < -0.39 is 0 Å². The fourth-order valence-corrected chi connectivity index (χ4v) is 3.40. The second kappa shape index (κ2) is 6.68. The highest BCUT2D eigenvalue weighted by atomic mass is 35.5. The molecule has 2 aromatic heterocycles. The molecule has 1 aliphatic heterocycles. The van der Waals surface area contributed by atoms with E-state index in [-0.39, 0.29) is 22.2 Å². The minimum Gasteiger partial charge on any atom is -0.494 e. The van der Waals surface area contributed by atoms with Gasteiger partial charge in [-0.3, -0.25) is 9.59 Å². The molecule has 8 heteroatoms. The van der Waals surface area contributed by atoms with E-state index >= 15 is 0 Å². The molecule has 2 N–H and O–H groups in total. The number of rotatable bonds is 3. The summed E-state index contributed by atoms with van der Waals surface area (Å²) in [5.41, 5.74) is 3.55. The van der Waals surface area contributed by atoms with Crippen LogP contribution in [-0.4, -0.2) is 23.0 Å². The number of aryl methyl sites for hydroxylation is 1. The van der Waals surface area contributed by atoms with Crippen molar-refractivity contribution in [3.05, 3.63) is 62.2 Å². The van der Waals surface area contributed by atoms with Gasteiger partial charge in [0.1, 0.15) is 10.9 Å². The van der Waals surface area contributed by atoms with Crippen LogP contribution in [0.5, 0.6) is 5.75 Å². The average Bonchev–Trinajstić information content (AvgIpc) is 3.08. The zero-order chi connectivity index (χ0) is 19.1. The Morgan fingerprint density at radius 3 is 2.89 bits per heavy atom. The Balaban J connectivity index is 1.73. The summed E-state index contributed by atoms with van der Waals surface area (Å²) in [5.74, 6) is 0.0702. The van der Waals surface area contributed by atoms with E-state index in [1.165, 1.54) is 13.2 Å². The lowest BCUT2D eigenvalue weighted by molar-refractivity contribution is 0.102. The van der Waals surface area contributed by atoms with E-state index in [4.69, 9.17) is 21.1 Å². The monoisotopic (exact) mass is 385 g/mol. The van der Waals surface area contributed by atoms with Crippen LogP contribution in [0.2, 0.25) is 5.15 Å². The van der Waals surface area contributed by atoms with Gasteiger partial charge in [0.05, 0.1) is 37.1 Å². The van der Waals surface area contributed by atoms with Crippen LogP contribution in [0.25, 0.3) is 10.9 Å². The van der Waals surface area contributed by atoms with E-state index in [0.717, 1.165) is 22.2 Å². The largest absolute Gasteiger partial charge is 0.494 e. The van der Waals surface area contributed by atoms with Gasteiger partial charge in [-0.15, -0.1) is 0 Å². The lowest BCUT2D eigenvalue weighted by Crippen LogP contribution is -2.14. The molecule has 1 aliphatic rings. The van der Waals surface area contributed by atoms with Crippen molar-refractivity contribution in [3.63, 3.8) is 0 Å². The third kappa shape index (κ3) is 3.15. The number of methoxy groups -OCH3 is 1. The number of hydrogen-bond acceptors (Lipinski definition) is 5. The molecule has 3 heterocycles. The summed E-state index contributed by atoms with van der Waals surface area (Å²) < 4.78 is 10.7. The lowest BCUT2D eigenvalue weighted by Gasteiger charge is -2.12. The molecule has 0 atom stereocenters. The molecular weight excluding hydrogens is 370 g/mol. The van der Waals surface area contributed by atoms with Crippen molar-refractivity contribution < 1.29 is 14.3 Å². The van der Waals surface area contributed by atoms with E-state index in [1.807, 2.05) is 6.92 Å². The van der Waals surface area contributed by atoms with Crippen LogP contribution in [0.1, 0.15) is 27.2 Å². The van der Waals surface area contributed by atoms with Crippen LogP contribution in [0.4, 0.5) is 5.69 Å². The fourth-order valence-electron chi connectivity index (χ4n) is 3.16. The van der Waals surface area contributed by atoms with Crippen molar-refractivity contribution in [3.8, 4) is 5.75 Å². The van der Waals surface area contributed by atoms with Gasteiger partial charge in [0, 0.05) is 28.8 Å². The number of nitrogens with one attached hydrogen (secondary N) is 2. The summed E-state index contributed by atoms with van der Waals surface area (Å²) in [6.45, 7) is 2.64. The van der Waals surface area contributed by atoms with Crippen molar-refractivity contribution in [1.29, 1.82) is 0 Å². The number of anilines is 1. The first-order chi connectivity index (χ1) is 13.0. The Hall–Kier alpha value is -2.90. The molecule has 0 aliphatic carbocycles. The predicted molar refractivity (Wildman–Crippen MR) is 102 cm³/mol. The number of ether oxygens (including phenoxy) is 2. The highest BCUT2D eigenvalue weighted by Crippen LogP contribution is 2.30. The number of carbonyl (C=O) groups excluding carboxylic acids is 1. The van der Waals surface area contributed by atoms with Crippen molar-refractivity contribution >= 4 is 34.1 Å². The van der Waals surface area contributed by atoms with E-state index in [1.54, 1.807) is 18.2 Å². The van der Waals surface area contributed by atoms with Crippen LogP contribution < -0.4 is 15.6 Å². The molecule has 0 radical (unpaired) electrons. The number of amides is 1. The summed E-state index contributed by atoms with van der Waals surface area (Å²) in [6.07, 6.45) is 0. The van der Waals surface area contributed by atoms with Gasteiger partial charge >= 0.3 is 0 Å². The van der Waals surface area contributed by atoms with Crippen molar-refractivity contribution in [2.45, 2.75) is 20.1 Å². The number of nitrogens with zero attached hydrogens (tertiary/aromatic N) is 1. The van der Waals surface area contributed by atoms with E-state index in [0.29, 0.717) is 30.2 Å². The van der Waals surface area contributed by atoms with Crippen molar-refractivity contribution in [2.24, 2.45) is 0 Å². The average molecular weight is 386 g/mol. The SMILES string of the molecule is COc1cc(NC(=O)c2cc3c(nc2Cl)COC3)cc2c(C)cc(=O)[nH]c12. The Kier molecular flexibility index (Phi) is 4.33. The molecule has 138 valence electrons. The van der Waals surface area contributed by atoms with Gasteiger partial charge < -0.3 is 19.8 Å². The number of aromatic amines is 1. The number of halogens is 1. The number of benzene rings is 1. The first-order valence-electron chi connectivity index (χ1n) is 8.25. The first kappa shape index (κ1) is 17.5. The molecule has 0 bridgehead atoms. The van der Waals surface area contributed by atoms with Gasteiger partial charge in [-0.25, -0.2) is 4.98 Å². The molecule has 0 saturated carbocycles. The van der Waals surface area contributed by atoms with Gasteiger partial charge in [0.2, 0.25) is 5.56 Å². The van der Waals surface area contributed by atoms with E-state index in [9.17, 15) is 9.59 Å². The Bertz CT molecular complexity index is 1140. The van der Waals surface area contributed by atoms with E-state index in [2.05, 4.69) is 15.3 Å². The lowest BCUT2D eigenvalue weighted by atomic mass is 10.1. The molecule has 0 fully saturated rings. The number of fused-ring (bicyclic) bond motifs is 2. The molecule has 0 spiro atoms. The third-order valence-corrected chi connectivity index (χ3v) is 4.77. The highest BCUT2D eigenvalue weighted by molar-refractivity contribution is 6.33. The predicted octanol–water partition coefficient (Wildman–Crippen LogP) is 3.18. The topological polar surface area (TPSA) is 93.3 Å². The molecule has 7 nitrogen and oxygen atoms in total. The summed E-state index contributed by atoms with van der Waals surface area (Å²) in [5, 5.41) is 3.73. The molecule has 4 rings (SSSR count). The van der Waals surface area contributed by atoms with Gasteiger partial charge in [0.15, 0.2) is 0 Å². The standard InChI is InChI=1S/C19H16ClN3O4/c1-9-3-16(24)23-17-12(9)5-11(6-15(17)26-2)21-19(25)13-4-10-7-27-8-14(10)22-18(13)20/h3-6H,7-8H2,1-2H3,(H,21,25)(H,23,24). The normalized spacial score (nSPS) is 12.9. The summed E-state index contributed by atoms with van der Waals surface area (Å²) in [6, 6.07) is 6.62. The molecule has 1 aromatic carbocycles. The fraction of sp³-hybridized carbons (Fsp3) is 0.211. The van der Waals surface area contributed by atoms with Gasteiger partial charge in [-0.05, 0) is 24.6 Å². The third-order valence-electron chi connectivity index (χ3n) is 4.49. The molecule has 0 unspecified atom stereocenters. The molecule has 27 heavy (non-hydrogen) atoms.